The van der Waals surface area contributed by atoms with Crippen LogP contribution < -0.4 is 5.49 Å². The molecule has 0 aliphatic heterocycles. The number of ether oxygens (including phenoxy) is 1. The van der Waals surface area contributed by atoms with Gasteiger partial charge in [0.15, 0.2) is 5.49 Å². The highest BCUT2D eigenvalue weighted by molar-refractivity contribution is 7.90. The fourth-order valence-electron chi connectivity index (χ4n) is 1.54. The van der Waals surface area contributed by atoms with Gasteiger partial charge in [-0.3, -0.25) is 0 Å². The van der Waals surface area contributed by atoms with Crippen LogP contribution in [0.2, 0.25) is 5.02 Å². The predicted octanol–water partition coefficient (Wildman–Crippen LogP) is 1.57. The van der Waals surface area contributed by atoms with Crippen LogP contribution in [0.5, 0.6) is 0 Å². The molecule has 0 amide bonds. The molecule has 6 nitrogen and oxygen atoms in total. The Morgan fingerprint density at radius 1 is 1.43 bits per heavy atom. The molecular formula is C12H11ClFN3O3S. The molecule has 2 rings (SSSR count). The minimum absolute atomic E-state index is 0.00716. The second-order valence-corrected chi connectivity index (χ2v) is 5.95. The maximum Gasteiger partial charge on any atom is 0.287 e. The third kappa shape index (κ3) is 3.66. The summed E-state index contributed by atoms with van der Waals surface area (Å²) in [7, 11) is -2.83. The first kappa shape index (κ1) is 15.6. The highest BCUT2D eigenvalue weighted by Gasteiger charge is 2.18. The number of nitrogens with zero attached hydrogens (tertiary/aromatic N) is 3. The van der Waals surface area contributed by atoms with Crippen LogP contribution in [0.15, 0.2) is 45.8 Å². The number of aromatic nitrogens is 2. The summed E-state index contributed by atoms with van der Waals surface area (Å²) >= 11 is 5.70. The molecule has 0 fully saturated rings. The summed E-state index contributed by atoms with van der Waals surface area (Å²) in [5.74, 6) is -0.926. The first-order chi connectivity index (χ1) is 9.94. The maximum atomic E-state index is 13.7. The zero-order chi connectivity index (χ0) is 15.5. The van der Waals surface area contributed by atoms with Crippen molar-refractivity contribution in [2.75, 3.05) is 7.11 Å². The van der Waals surface area contributed by atoms with Gasteiger partial charge in [-0.2, -0.15) is 13.5 Å². The largest absolute Gasteiger partial charge is 0.362 e. The predicted molar refractivity (Wildman–Crippen MR) is 73.4 cm³/mol. The molecule has 21 heavy (non-hydrogen) atoms. The van der Waals surface area contributed by atoms with Crippen LogP contribution in [0.25, 0.3) is 0 Å². The van der Waals surface area contributed by atoms with E-state index in [1.807, 2.05) is 0 Å². The number of halogens is 2. The van der Waals surface area contributed by atoms with Crippen LogP contribution in [0, 0.1) is 5.82 Å². The molecule has 0 saturated carbocycles. The van der Waals surface area contributed by atoms with Crippen LogP contribution in [-0.4, -0.2) is 25.3 Å². The third-order valence-corrected chi connectivity index (χ3v) is 3.97. The van der Waals surface area contributed by atoms with Crippen LogP contribution in [0.3, 0.4) is 0 Å². The summed E-state index contributed by atoms with van der Waals surface area (Å²) < 4.78 is 47.7. The van der Waals surface area contributed by atoms with E-state index in [-0.39, 0.29) is 17.2 Å². The monoisotopic (exact) mass is 331 g/mol. The van der Waals surface area contributed by atoms with Crippen LogP contribution >= 0.6 is 11.6 Å². The molecule has 1 heterocycles. The first-order valence-electron chi connectivity index (χ1n) is 5.71. The zero-order valence-corrected chi connectivity index (χ0v) is 12.5. The van der Waals surface area contributed by atoms with Crippen LogP contribution in [0.4, 0.5) is 4.39 Å². The molecule has 0 saturated heterocycles. The highest BCUT2D eigenvalue weighted by atomic mass is 35.5. The van der Waals surface area contributed by atoms with E-state index < -0.39 is 20.7 Å². The standard InChI is InChI=1S/C12H11ClFN3O3S/c1-20-8-17-12(3-2-6-15-17)16-21(18,19)11-7-9(13)4-5-10(11)14/h2-7H,8H2,1H3/b16-12+. The third-order valence-electron chi connectivity index (χ3n) is 2.44. The topological polar surface area (TPSA) is 73.5 Å². The summed E-state index contributed by atoms with van der Waals surface area (Å²) in [5.41, 5.74) is 0.0127. The average Bonchev–Trinajstić information content (AvgIpc) is 2.43. The van der Waals surface area contributed by atoms with E-state index in [1.54, 1.807) is 0 Å². The van der Waals surface area contributed by atoms with Crippen molar-refractivity contribution in [3.8, 4) is 0 Å². The van der Waals surface area contributed by atoms with Crippen molar-refractivity contribution < 1.29 is 17.5 Å². The Morgan fingerprint density at radius 3 is 2.90 bits per heavy atom. The lowest BCUT2D eigenvalue weighted by Crippen LogP contribution is -2.25. The van der Waals surface area contributed by atoms with E-state index in [0.29, 0.717) is 0 Å². The first-order valence-corrected chi connectivity index (χ1v) is 7.53. The van der Waals surface area contributed by atoms with Gasteiger partial charge in [0.1, 0.15) is 17.4 Å². The fraction of sp³-hybridized carbons (Fsp3) is 0.167. The Hall–Kier alpha value is -1.77. The van der Waals surface area contributed by atoms with E-state index in [9.17, 15) is 12.8 Å². The summed E-state index contributed by atoms with van der Waals surface area (Å²) in [5, 5.41) is 4.00. The molecule has 9 heteroatoms. The van der Waals surface area contributed by atoms with Crippen molar-refractivity contribution in [1.29, 1.82) is 0 Å². The Bertz CT molecular complexity index is 820. The summed E-state index contributed by atoms with van der Waals surface area (Å²) in [4.78, 5) is -0.595. The smallest absolute Gasteiger partial charge is 0.287 e. The van der Waals surface area contributed by atoms with E-state index >= 15 is 0 Å². The SMILES string of the molecule is COCn1nccc/c1=N\S(=O)(=O)c1cc(Cl)ccc1F. The Labute approximate surface area is 125 Å². The zero-order valence-electron chi connectivity index (χ0n) is 10.9. The second kappa shape index (κ2) is 6.33. The van der Waals surface area contributed by atoms with E-state index in [0.717, 1.165) is 12.1 Å². The number of rotatable bonds is 4. The highest BCUT2D eigenvalue weighted by Crippen LogP contribution is 2.20. The molecule has 0 aliphatic carbocycles. The van der Waals surface area contributed by atoms with Crippen LogP contribution in [-0.2, 0) is 21.5 Å². The molecule has 0 aliphatic rings. The number of hydrogen-bond acceptors (Lipinski definition) is 4. The van der Waals surface area contributed by atoms with Crippen molar-refractivity contribution in [3.63, 3.8) is 0 Å². The molecule has 0 spiro atoms. The van der Waals surface area contributed by atoms with Crippen LogP contribution in [0.1, 0.15) is 0 Å². The van der Waals surface area contributed by atoms with Gasteiger partial charge in [-0.25, -0.2) is 9.07 Å². The van der Waals surface area contributed by atoms with Crippen molar-refractivity contribution >= 4 is 21.6 Å². The Kier molecular flexibility index (Phi) is 4.71. The summed E-state index contributed by atoms with van der Waals surface area (Å²) in [6, 6.07) is 6.16. The van der Waals surface area contributed by atoms with Crippen molar-refractivity contribution in [2.45, 2.75) is 11.6 Å². The van der Waals surface area contributed by atoms with Gasteiger partial charge >= 0.3 is 0 Å². The lowest BCUT2D eigenvalue weighted by atomic mass is 10.3. The fourth-order valence-corrected chi connectivity index (χ4v) is 2.87. The Morgan fingerprint density at radius 2 is 2.19 bits per heavy atom. The molecule has 0 radical (unpaired) electrons. The van der Waals surface area contributed by atoms with Gasteiger partial charge in [0, 0.05) is 18.3 Å². The van der Waals surface area contributed by atoms with Gasteiger partial charge < -0.3 is 4.74 Å². The van der Waals surface area contributed by atoms with Gasteiger partial charge in [0.2, 0.25) is 0 Å². The number of hydrogen-bond donors (Lipinski definition) is 0. The van der Waals surface area contributed by atoms with Gasteiger partial charge in [0.05, 0.1) is 0 Å². The maximum absolute atomic E-state index is 13.7. The average molecular weight is 332 g/mol. The Balaban J connectivity index is 2.60. The lowest BCUT2D eigenvalue weighted by Gasteiger charge is -2.05. The quantitative estimate of drug-likeness (QED) is 0.852. The molecule has 112 valence electrons. The van der Waals surface area contributed by atoms with Crippen molar-refractivity contribution in [3.05, 3.63) is 52.9 Å². The van der Waals surface area contributed by atoms with Gasteiger partial charge in [-0.15, -0.1) is 4.40 Å². The molecular weight excluding hydrogens is 321 g/mol. The van der Waals surface area contributed by atoms with Crippen molar-refractivity contribution in [1.82, 2.24) is 9.78 Å². The molecule has 2 aromatic rings. The molecule has 0 N–H and O–H groups in total. The molecule has 0 bridgehead atoms. The minimum Gasteiger partial charge on any atom is -0.362 e. The molecule has 1 aromatic heterocycles. The summed E-state index contributed by atoms with van der Waals surface area (Å²) in [6.45, 7) is 0.00716. The van der Waals surface area contributed by atoms with E-state index in [2.05, 4.69) is 9.50 Å². The summed E-state index contributed by atoms with van der Waals surface area (Å²) in [6.07, 6.45) is 1.45. The number of sulfonamides is 1. The normalized spacial score (nSPS) is 12.6. The van der Waals surface area contributed by atoms with E-state index in [1.165, 1.54) is 36.2 Å². The molecule has 0 atom stereocenters. The van der Waals surface area contributed by atoms with E-state index in [4.69, 9.17) is 16.3 Å². The number of methoxy groups -OCH3 is 1. The minimum atomic E-state index is -4.26. The van der Waals surface area contributed by atoms with Gasteiger partial charge in [0.25, 0.3) is 10.0 Å². The lowest BCUT2D eigenvalue weighted by molar-refractivity contribution is 0.115. The van der Waals surface area contributed by atoms with Gasteiger partial charge in [-0.1, -0.05) is 11.6 Å². The van der Waals surface area contributed by atoms with Gasteiger partial charge in [-0.05, 0) is 30.3 Å². The number of benzene rings is 1. The molecule has 0 unspecified atom stereocenters. The van der Waals surface area contributed by atoms with Crippen molar-refractivity contribution in [2.24, 2.45) is 4.40 Å². The molecule has 1 aromatic carbocycles. The second-order valence-electron chi connectivity index (χ2n) is 3.94.